The second-order valence-electron chi connectivity index (χ2n) is 6.33. The quantitative estimate of drug-likeness (QED) is 0.825. The van der Waals surface area contributed by atoms with Crippen LogP contribution in [-0.4, -0.2) is 55.7 Å². The van der Waals surface area contributed by atoms with Gasteiger partial charge in [-0.3, -0.25) is 9.69 Å². The average molecular weight is 307 g/mol. The first-order chi connectivity index (χ1) is 9.83. The van der Waals surface area contributed by atoms with Crippen LogP contribution in [0.1, 0.15) is 26.2 Å². The summed E-state index contributed by atoms with van der Waals surface area (Å²) in [5, 5.41) is 6.22. The Morgan fingerprint density at radius 3 is 2.81 bits per heavy atom. The van der Waals surface area contributed by atoms with Crippen LogP contribution >= 0.6 is 0 Å². The second kappa shape index (κ2) is 6.96. The van der Waals surface area contributed by atoms with Crippen molar-refractivity contribution in [3.63, 3.8) is 0 Å². The molecule has 122 valence electrons. The molecule has 7 heteroatoms. The van der Waals surface area contributed by atoms with Crippen molar-refractivity contribution in [3.05, 3.63) is 0 Å². The molecule has 2 aliphatic heterocycles. The van der Waals surface area contributed by atoms with Gasteiger partial charge in [0.1, 0.15) is 0 Å². The number of likely N-dealkylation sites (tertiary alicyclic amines) is 1. The van der Waals surface area contributed by atoms with E-state index in [0.717, 1.165) is 25.8 Å². The smallest absolute Gasteiger partial charge is 0.356 e. The summed E-state index contributed by atoms with van der Waals surface area (Å²) >= 11 is 0. The van der Waals surface area contributed by atoms with E-state index < -0.39 is 12.7 Å². The van der Waals surface area contributed by atoms with Crippen LogP contribution in [0.4, 0.5) is 13.2 Å². The van der Waals surface area contributed by atoms with Gasteiger partial charge in [-0.15, -0.1) is 0 Å². The van der Waals surface area contributed by atoms with Crippen LogP contribution in [0.3, 0.4) is 0 Å². The molecule has 3 atom stereocenters. The number of carbonyl (C=O) groups excluding carboxylic acids is 1. The molecule has 2 N–H and O–H groups in total. The molecular formula is C14H24F3N3O. The van der Waals surface area contributed by atoms with Crippen molar-refractivity contribution in [2.45, 2.75) is 38.4 Å². The highest BCUT2D eigenvalue weighted by Crippen LogP contribution is 2.22. The van der Waals surface area contributed by atoms with E-state index in [4.69, 9.17) is 0 Å². The molecule has 0 spiro atoms. The van der Waals surface area contributed by atoms with Crippen LogP contribution in [0.25, 0.3) is 0 Å². The minimum absolute atomic E-state index is 0.0360. The number of nitrogens with zero attached hydrogens (tertiary/aromatic N) is 1. The summed E-state index contributed by atoms with van der Waals surface area (Å²) in [6, 6.07) is 0.350. The molecule has 2 aliphatic rings. The molecule has 2 saturated heterocycles. The van der Waals surface area contributed by atoms with E-state index in [1.54, 1.807) is 0 Å². The van der Waals surface area contributed by atoms with Crippen LogP contribution < -0.4 is 10.6 Å². The fourth-order valence-corrected chi connectivity index (χ4v) is 3.24. The maximum absolute atomic E-state index is 12.3. The Hall–Kier alpha value is -0.820. The molecular weight excluding hydrogens is 283 g/mol. The van der Waals surface area contributed by atoms with E-state index in [1.165, 1.54) is 4.90 Å². The van der Waals surface area contributed by atoms with Crippen molar-refractivity contribution in [2.24, 2.45) is 11.8 Å². The summed E-state index contributed by atoms with van der Waals surface area (Å²) in [4.78, 5) is 13.5. The average Bonchev–Trinajstić information content (AvgIpc) is 2.81. The first-order valence-corrected chi connectivity index (χ1v) is 7.63. The Morgan fingerprint density at radius 1 is 1.38 bits per heavy atom. The number of piperidine rings is 1. The summed E-state index contributed by atoms with van der Waals surface area (Å²) in [7, 11) is 0. The van der Waals surface area contributed by atoms with Gasteiger partial charge in [-0.2, -0.15) is 13.2 Å². The van der Waals surface area contributed by atoms with Crippen molar-refractivity contribution < 1.29 is 18.0 Å². The van der Waals surface area contributed by atoms with E-state index in [-0.39, 0.29) is 17.7 Å². The van der Waals surface area contributed by atoms with Crippen LogP contribution in [0.5, 0.6) is 0 Å². The van der Waals surface area contributed by atoms with Gasteiger partial charge in [-0.1, -0.05) is 0 Å². The Kier molecular flexibility index (Phi) is 5.48. The molecule has 0 bridgehead atoms. The first-order valence-electron chi connectivity index (χ1n) is 7.63. The second-order valence-corrected chi connectivity index (χ2v) is 6.33. The zero-order valence-corrected chi connectivity index (χ0v) is 12.4. The van der Waals surface area contributed by atoms with Crippen molar-refractivity contribution in [1.29, 1.82) is 0 Å². The molecule has 1 amide bonds. The number of amides is 1. The first kappa shape index (κ1) is 16.5. The molecule has 0 radical (unpaired) electrons. The van der Waals surface area contributed by atoms with E-state index in [1.807, 2.05) is 0 Å². The number of alkyl halides is 3. The highest BCUT2D eigenvalue weighted by atomic mass is 19.4. The third-order valence-corrected chi connectivity index (χ3v) is 4.33. The standard InChI is InChI=1S/C14H24F3N3O/c1-10-6-12(2-4-18-10)13(21)19-7-11-3-5-20(8-11)9-14(15,16)17/h10-12,18H,2-9H2,1H3,(H,19,21). The molecule has 4 nitrogen and oxygen atoms in total. The van der Waals surface area contributed by atoms with E-state index >= 15 is 0 Å². The number of nitrogens with one attached hydrogen (secondary N) is 2. The van der Waals surface area contributed by atoms with Gasteiger partial charge in [0.05, 0.1) is 6.54 Å². The monoisotopic (exact) mass is 307 g/mol. The number of carbonyl (C=O) groups is 1. The van der Waals surface area contributed by atoms with Crippen molar-refractivity contribution in [3.8, 4) is 0 Å². The largest absolute Gasteiger partial charge is 0.401 e. The maximum Gasteiger partial charge on any atom is 0.401 e. The number of hydrogen-bond donors (Lipinski definition) is 2. The molecule has 21 heavy (non-hydrogen) atoms. The Balaban J connectivity index is 1.68. The van der Waals surface area contributed by atoms with E-state index in [9.17, 15) is 18.0 Å². The van der Waals surface area contributed by atoms with Crippen molar-refractivity contribution >= 4 is 5.91 Å². The van der Waals surface area contributed by atoms with Crippen LogP contribution in [0.2, 0.25) is 0 Å². The topological polar surface area (TPSA) is 44.4 Å². The molecule has 0 aromatic carbocycles. The highest BCUT2D eigenvalue weighted by molar-refractivity contribution is 5.78. The molecule has 0 aromatic heterocycles. The molecule has 2 rings (SSSR count). The summed E-state index contributed by atoms with van der Waals surface area (Å²) in [5.41, 5.74) is 0. The van der Waals surface area contributed by atoms with Gasteiger partial charge in [-0.05, 0) is 45.2 Å². The minimum atomic E-state index is -4.14. The Morgan fingerprint density at radius 2 is 2.14 bits per heavy atom. The summed E-state index contributed by atoms with van der Waals surface area (Å²) < 4.78 is 36.9. The number of rotatable bonds is 4. The minimum Gasteiger partial charge on any atom is -0.356 e. The Labute approximate surface area is 123 Å². The van der Waals surface area contributed by atoms with Gasteiger partial charge in [0.25, 0.3) is 0 Å². The van der Waals surface area contributed by atoms with Gasteiger partial charge in [-0.25, -0.2) is 0 Å². The lowest BCUT2D eigenvalue weighted by molar-refractivity contribution is -0.143. The van der Waals surface area contributed by atoms with Gasteiger partial charge >= 0.3 is 6.18 Å². The summed E-state index contributed by atoms with van der Waals surface area (Å²) in [5.74, 6) is 0.224. The van der Waals surface area contributed by atoms with Gasteiger partial charge < -0.3 is 10.6 Å². The van der Waals surface area contributed by atoms with E-state index in [0.29, 0.717) is 25.7 Å². The van der Waals surface area contributed by atoms with Crippen molar-refractivity contribution in [2.75, 3.05) is 32.7 Å². The van der Waals surface area contributed by atoms with Crippen LogP contribution in [0, 0.1) is 11.8 Å². The number of hydrogen-bond acceptors (Lipinski definition) is 3. The highest BCUT2D eigenvalue weighted by Gasteiger charge is 2.34. The third kappa shape index (κ3) is 5.47. The van der Waals surface area contributed by atoms with E-state index in [2.05, 4.69) is 17.6 Å². The lowest BCUT2D eigenvalue weighted by atomic mass is 9.92. The molecule has 3 unspecified atom stereocenters. The number of halogens is 3. The molecule has 0 aliphatic carbocycles. The molecule has 0 aromatic rings. The molecule has 0 saturated carbocycles. The van der Waals surface area contributed by atoms with Gasteiger partial charge in [0.15, 0.2) is 0 Å². The third-order valence-electron chi connectivity index (χ3n) is 4.33. The lowest BCUT2D eigenvalue weighted by Crippen LogP contribution is -2.43. The fraction of sp³-hybridized carbons (Fsp3) is 0.929. The summed E-state index contributed by atoms with van der Waals surface area (Å²) in [6.07, 6.45) is -1.75. The predicted molar refractivity (Wildman–Crippen MR) is 73.8 cm³/mol. The van der Waals surface area contributed by atoms with Crippen LogP contribution in [-0.2, 0) is 4.79 Å². The normalized spacial score (nSPS) is 31.3. The summed E-state index contributed by atoms with van der Waals surface area (Å²) in [6.45, 7) is 3.44. The van der Waals surface area contributed by atoms with Crippen molar-refractivity contribution in [1.82, 2.24) is 15.5 Å². The Bertz CT molecular complexity index is 362. The maximum atomic E-state index is 12.3. The van der Waals surface area contributed by atoms with Gasteiger partial charge in [0, 0.05) is 25.0 Å². The SMILES string of the molecule is CC1CC(C(=O)NCC2CCN(CC(F)(F)F)C2)CCN1. The fourth-order valence-electron chi connectivity index (χ4n) is 3.24. The molecule has 2 fully saturated rings. The molecule has 2 heterocycles. The predicted octanol–water partition coefficient (Wildman–Crippen LogP) is 1.37. The zero-order chi connectivity index (χ0) is 15.5. The van der Waals surface area contributed by atoms with Crippen LogP contribution in [0.15, 0.2) is 0 Å². The van der Waals surface area contributed by atoms with Gasteiger partial charge in [0.2, 0.25) is 5.91 Å². The zero-order valence-electron chi connectivity index (χ0n) is 12.4. The lowest BCUT2D eigenvalue weighted by Gasteiger charge is -2.27.